The van der Waals surface area contributed by atoms with Crippen molar-refractivity contribution in [2.75, 3.05) is 18.5 Å². The van der Waals surface area contributed by atoms with E-state index in [0.29, 0.717) is 17.9 Å². The van der Waals surface area contributed by atoms with Gasteiger partial charge in [0, 0.05) is 29.8 Å². The minimum Gasteiger partial charge on any atom is -0.395 e. The number of nitrogens with zero attached hydrogens (tertiary/aromatic N) is 3. The van der Waals surface area contributed by atoms with E-state index < -0.39 is 0 Å². The van der Waals surface area contributed by atoms with Crippen LogP contribution in [0.3, 0.4) is 0 Å². The number of hydrogen-bond donors (Lipinski definition) is 2. The van der Waals surface area contributed by atoms with Crippen LogP contribution in [0.1, 0.15) is 0 Å². The fourth-order valence-electron chi connectivity index (χ4n) is 2.80. The molecule has 5 nitrogen and oxygen atoms in total. The third kappa shape index (κ3) is 3.14. The van der Waals surface area contributed by atoms with Crippen LogP contribution in [0, 0.1) is 5.82 Å². The molecule has 0 spiro atoms. The molecular weight excluding hydrogens is 331 g/mol. The number of aromatic nitrogens is 3. The van der Waals surface area contributed by atoms with Gasteiger partial charge < -0.3 is 10.4 Å². The summed E-state index contributed by atoms with van der Waals surface area (Å²) in [4.78, 5) is 4.70. The molecule has 0 saturated carbocycles. The number of rotatable bonds is 5. The van der Waals surface area contributed by atoms with Crippen molar-refractivity contribution in [1.29, 1.82) is 0 Å². The smallest absolute Gasteiger partial charge is 0.158 e. The summed E-state index contributed by atoms with van der Waals surface area (Å²) in [5.41, 5.74) is 3.99. The molecule has 2 aromatic carbocycles. The number of nitrogens with one attached hydrogen (secondary N) is 1. The lowest BCUT2D eigenvalue weighted by molar-refractivity contribution is 0.311. The Morgan fingerprint density at radius 1 is 0.923 bits per heavy atom. The van der Waals surface area contributed by atoms with Gasteiger partial charge in [-0.2, -0.15) is 9.61 Å². The Morgan fingerprint density at radius 2 is 1.65 bits per heavy atom. The summed E-state index contributed by atoms with van der Waals surface area (Å²) in [6.07, 6.45) is 0. The standard InChI is InChI=1S/C20H17FN4O/c21-16-8-6-15(7-9-16)18-13-20-23-17(14-4-2-1-3-5-14)12-19(22-10-11-26)25(20)24-18/h1-9,12-13,22,26H,10-11H2. The average Bonchev–Trinajstić information content (AvgIpc) is 3.11. The third-order valence-corrected chi connectivity index (χ3v) is 4.05. The van der Waals surface area contributed by atoms with Crippen LogP contribution >= 0.6 is 0 Å². The molecule has 0 unspecified atom stereocenters. The summed E-state index contributed by atoms with van der Waals surface area (Å²) in [6, 6.07) is 19.8. The number of aliphatic hydroxyl groups is 1. The van der Waals surface area contributed by atoms with E-state index in [1.807, 2.05) is 42.5 Å². The highest BCUT2D eigenvalue weighted by Crippen LogP contribution is 2.25. The fourth-order valence-corrected chi connectivity index (χ4v) is 2.80. The zero-order chi connectivity index (χ0) is 17.9. The van der Waals surface area contributed by atoms with Crippen LogP contribution in [-0.4, -0.2) is 32.9 Å². The van der Waals surface area contributed by atoms with Crippen LogP contribution in [0.15, 0.2) is 66.7 Å². The maximum Gasteiger partial charge on any atom is 0.158 e. The predicted octanol–water partition coefficient (Wildman–Crippen LogP) is 3.61. The fraction of sp³-hybridized carbons (Fsp3) is 0.100. The van der Waals surface area contributed by atoms with Crippen LogP contribution in [0.4, 0.5) is 10.2 Å². The first kappa shape index (κ1) is 16.2. The molecule has 6 heteroatoms. The summed E-state index contributed by atoms with van der Waals surface area (Å²) in [5.74, 6) is 0.448. The van der Waals surface area contributed by atoms with Gasteiger partial charge in [-0.15, -0.1) is 0 Å². The third-order valence-electron chi connectivity index (χ3n) is 4.05. The molecule has 0 fully saturated rings. The van der Waals surface area contributed by atoms with Crippen molar-refractivity contribution in [3.8, 4) is 22.5 Å². The minimum absolute atomic E-state index is 0.0105. The van der Waals surface area contributed by atoms with E-state index in [-0.39, 0.29) is 12.4 Å². The second-order valence-corrected chi connectivity index (χ2v) is 5.85. The molecule has 130 valence electrons. The van der Waals surface area contributed by atoms with Crippen LogP contribution in [0.2, 0.25) is 0 Å². The summed E-state index contributed by atoms with van der Waals surface area (Å²) in [5, 5.41) is 16.9. The van der Waals surface area contributed by atoms with Gasteiger partial charge in [0.2, 0.25) is 0 Å². The molecule has 0 radical (unpaired) electrons. The van der Waals surface area contributed by atoms with Gasteiger partial charge in [0.1, 0.15) is 11.6 Å². The molecule has 4 rings (SSSR count). The quantitative estimate of drug-likeness (QED) is 0.578. The highest BCUT2D eigenvalue weighted by Gasteiger charge is 2.12. The predicted molar refractivity (Wildman–Crippen MR) is 99.4 cm³/mol. The van der Waals surface area contributed by atoms with Crippen LogP contribution in [0.5, 0.6) is 0 Å². The van der Waals surface area contributed by atoms with Crippen molar-refractivity contribution < 1.29 is 9.50 Å². The van der Waals surface area contributed by atoms with E-state index in [9.17, 15) is 4.39 Å². The Hall–Kier alpha value is -3.25. The van der Waals surface area contributed by atoms with Crippen LogP contribution in [-0.2, 0) is 0 Å². The van der Waals surface area contributed by atoms with Gasteiger partial charge in [-0.1, -0.05) is 30.3 Å². The molecule has 26 heavy (non-hydrogen) atoms. The van der Waals surface area contributed by atoms with Crippen molar-refractivity contribution in [2.24, 2.45) is 0 Å². The first-order chi connectivity index (χ1) is 12.7. The SMILES string of the molecule is OCCNc1cc(-c2ccccc2)nc2cc(-c3ccc(F)cc3)nn12. The molecule has 4 aromatic rings. The summed E-state index contributed by atoms with van der Waals surface area (Å²) in [7, 11) is 0. The normalized spacial score (nSPS) is 11.0. The topological polar surface area (TPSA) is 62.5 Å². The molecule has 2 heterocycles. The highest BCUT2D eigenvalue weighted by molar-refractivity contribution is 5.70. The van der Waals surface area contributed by atoms with E-state index in [1.165, 1.54) is 12.1 Å². The van der Waals surface area contributed by atoms with Crippen molar-refractivity contribution in [1.82, 2.24) is 14.6 Å². The van der Waals surface area contributed by atoms with Crippen LogP contribution in [0.25, 0.3) is 28.2 Å². The van der Waals surface area contributed by atoms with E-state index >= 15 is 0 Å². The van der Waals surface area contributed by atoms with Gasteiger partial charge in [0.05, 0.1) is 18.0 Å². The first-order valence-electron chi connectivity index (χ1n) is 8.31. The Kier molecular flexibility index (Phi) is 4.33. The van der Waals surface area contributed by atoms with E-state index in [1.54, 1.807) is 16.6 Å². The van der Waals surface area contributed by atoms with Gasteiger partial charge in [0.25, 0.3) is 0 Å². The second kappa shape index (κ2) is 6.93. The van der Waals surface area contributed by atoms with Crippen molar-refractivity contribution in [3.05, 3.63) is 72.5 Å². The zero-order valence-electron chi connectivity index (χ0n) is 13.9. The number of halogens is 1. The zero-order valence-corrected chi connectivity index (χ0v) is 13.9. The minimum atomic E-state index is -0.285. The van der Waals surface area contributed by atoms with Crippen LogP contribution < -0.4 is 5.32 Å². The Bertz CT molecular complexity index is 1030. The number of anilines is 1. The summed E-state index contributed by atoms with van der Waals surface area (Å²) >= 11 is 0. The van der Waals surface area contributed by atoms with Gasteiger partial charge in [-0.25, -0.2) is 9.37 Å². The monoisotopic (exact) mass is 348 g/mol. The maximum absolute atomic E-state index is 13.2. The lowest BCUT2D eigenvalue weighted by Gasteiger charge is -2.09. The van der Waals surface area contributed by atoms with Crippen molar-refractivity contribution in [3.63, 3.8) is 0 Å². The molecule has 0 aliphatic heterocycles. The lowest BCUT2D eigenvalue weighted by atomic mass is 10.1. The molecule has 0 saturated heterocycles. The molecule has 2 aromatic heterocycles. The van der Waals surface area contributed by atoms with E-state index in [2.05, 4.69) is 10.4 Å². The molecule has 2 N–H and O–H groups in total. The Labute approximate surface area is 149 Å². The largest absolute Gasteiger partial charge is 0.395 e. The average molecular weight is 348 g/mol. The second-order valence-electron chi connectivity index (χ2n) is 5.85. The summed E-state index contributed by atoms with van der Waals surface area (Å²) < 4.78 is 14.9. The Morgan fingerprint density at radius 3 is 2.38 bits per heavy atom. The van der Waals surface area contributed by atoms with Gasteiger partial charge >= 0.3 is 0 Å². The van der Waals surface area contributed by atoms with Gasteiger partial charge in [-0.3, -0.25) is 0 Å². The first-order valence-corrected chi connectivity index (χ1v) is 8.31. The molecule has 0 aliphatic carbocycles. The van der Waals surface area contributed by atoms with E-state index in [4.69, 9.17) is 10.1 Å². The van der Waals surface area contributed by atoms with Crippen molar-refractivity contribution in [2.45, 2.75) is 0 Å². The maximum atomic E-state index is 13.2. The van der Waals surface area contributed by atoms with Gasteiger partial charge in [0.15, 0.2) is 5.65 Å². The Balaban J connectivity index is 1.85. The lowest BCUT2D eigenvalue weighted by Crippen LogP contribution is -2.10. The number of hydrogen-bond acceptors (Lipinski definition) is 4. The number of fused-ring (bicyclic) bond motifs is 1. The number of benzene rings is 2. The molecule has 0 aliphatic rings. The molecule has 0 amide bonds. The molecule has 0 atom stereocenters. The van der Waals surface area contributed by atoms with E-state index in [0.717, 1.165) is 22.6 Å². The molecule has 0 bridgehead atoms. The highest BCUT2D eigenvalue weighted by atomic mass is 19.1. The van der Waals surface area contributed by atoms with Crippen molar-refractivity contribution >= 4 is 11.5 Å². The van der Waals surface area contributed by atoms with Gasteiger partial charge in [-0.05, 0) is 24.3 Å². The summed E-state index contributed by atoms with van der Waals surface area (Å²) in [6.45, 7) is 0.412. The number of aliphatic hydroxyl groups excluding tert-OH is 1. The molecular formula is C20H17FN4O.